The second-order valence-corrected chi connectivity index (χ2v) is 5.61. The minimum Gasteiger partial charge on any atom is -0.493 e. The van der Waals surface area contributed by atoms with Gasteiger partial charge in [-0.25, -0.2) is 0 Å². The third-order valence-electron chi connectivity index (χ3n) is 3.06. The third kappa shape index (κ3) is 3.94. The van der Waals surface area contributed by atoms with Crippen LogP contribution in [0.5, 0.6) is 11.5 Å². The number of nitrogens with zero attached hydrogens (tertiary/aromatic N) is 2. The van der Waals surface area contributed by atoms with Crippen LogP contribution < -0.4 is 14.8 Å². The Morgan fingerprint density at radius 3 is 2.68 bits per heavy atom. The van der Waals surface area contributed by atoms with Crippen LogP contribution in [-0.2, 0) is 4.79 Å². The first-order valence-electron chi connectivity index (χ1n) is 7.03. The molecular formula is C15H19N3O3S. The summed E-state index contributed by atoms with van der Waals surface area (Å²) in [5, 5.41) is 12.1. The molecule has 1 N–H and O–H groups in total. The van der Waals surface area contributed by atoms with Crippen LogP contribution >= 0.6 is 11.3 Å². The van der Waals surface area contributed by atoms with E-state index < -0.39 is 0 Å². The van der Waals surface area contributed by atoms with E-state index in [4.69, 9.17) is 9.47 Å². The van der Waals surface area contributed by atoms with Crippen molar-refractivity contribution in [2.45, 2.75) is 26.2 Å². The van der Waals surface area contributed by atoms with Crippen LogP contribution in [0.3, 0.4) is 0 Å². The van der Waals surface area contributed by atoms with Crippen molar-refractivity contribution in [3.05, 3.63) is 18.2 Å². The maximum Gasteiger partial charge on any atom is 0.226 e. The Kier molecular flexibility index (Phi) is 5.71. The third-order valence-corrected chi connectivity index (χ3v) is 3.95. The Bertz CT molecular complexity index is 643. The fraction of sp³-hybridized carbons (Fsp3) is 0.400. The van der Waals surface area contributed by atoms with Crippen LogP contribution in [0.1, 0.15) is 26.2 Å². The number of anilines is 1. The fourth-order valence-electron chi connectivity index (χ4n) is 1.88. The van der Waals surface area contributed by atoms with Crippen LogP contribution in [0.25, 0.3) is 10.6 Å². The number of benzene rings is 1. The average Bonchev–Trinajstić information content (AvgIpc) is 3.00. The van der Waals surface area contributed by atoms with Gasteiger partial charge in [0.25, 0.3) is 0 Å². The molecule has 2 aromatic rings. The Labute approximate surface area is 133 Å². The van der Waals surface area contributed by atoms with Gasteiger partial charge in [-0.15, -0.1) is 10.2 Å². The van der Waals surface area contributed by atoms with Crippen molar-refractivity contribution >= 4 is 22.4 Å². The summed E-state index contributed by atoms with van der Waals surface area (Å²) in [5.74, 6) is 1.25. The van der Waals surface area contributed by atoms with Gasteiger partial charge in [-0.2, -0.15) is 0 Å². The highest BCUT2D eigenvalue weighted by Crippen LogP contribution is 2.34. The van der Waals surface area contributed by atoms with Crippen LogP contribution in [0.15, 0.2) is 18.2 Å². The Morgan fingerprint density at radius 2 is 2.00 bits per heavy atom. The maximum atomic E-state index is 11.7. The Balaban J connectivity index is 2.12. The number of hydrogen-bond donors (Lipinski definition) is 1. The first kappa shape index (κ1) is 16.2. The standard InChI is InChI=1S/C15H19N3O3S/c1-4-5-6-13(19)16-15-18-17-14(22-15)10-7-8-11(20-2)12(9-10)21-3/h7-9H,4-6H2,1-3H3,(H,16,18,19). The first-order valence-corrected chi connectivity index (χ1v) is 7.85. The van der Waals surface area contributed by atoms with E-state index >= 15 is 0 Å². The smallest absolute Gasteiger partial charge is 0.226 e. The van der Waals surface area contributed by atoms with Crippen LogP contribution in [0.2, 0.25) is 0 Å². The quantitative estimate of drug-likeness (QED) is 0.846. The summed E-state index contributed by atoms with van der Waals surface area (Å²) in [7, 11) is 3.17. The topological polar surface area (TPSA) is 73.3 Å². The Hall–Kier alpha value is -2.15. The number of carbonyl (C=O) groups excluding carboxylic acids is 1. The summed E-state index contributed by atoms with van der Waals surface area (Å²) in [4.78, 5) is 11.7. The molecule has 0 fully saturated rings. The molecule has 6 nitrogen and oxygen atoms in total. The van der Waals surface area contributed by atoms with E-state index in [1.54, 1.807) is 14.2 Å². The molecule has 1 aromatic heterocycles. The highest BCUT2D eigenvalue weighted by Gasteiger charge is 2.12. The summed E-state index contributed by atoms with van der Waals surface area (Å²) >= 11 is 1.33. The van der Waals surface area contributed by atoms with Crippen molar-refractivity contribution in [2.24, 2.45) is 0 Å². The van der Waals surface area contributed by atoms with Gasteiger partial charge in [0.2, 0.25) is 11.0 Å². The molecule has 0 aliphatic rings. The second kappa shape index (κ2) is 7.74. The summed E-state index contributed by atoms with van der Waals surface area (Å²) < 4.78 is 10.5. The summed E-state index contributed by atoms with van der Waals surface area (Å²) in [5.41, 5.74) is 0.865. The van der Waals surface area contributed by atoms with Gasteiger partial charge in [-0.1, -0.05) is 24.7 Å². The number of nitrogens with one attached hydrogen (secondary N) is 1. The average molecular weight is 321 g/mol. The van der Waals surface area contributed by atoms with Gasteiger partial charge in [-0.3, -0.25) is 4.79 Å². The molecule has 1 heterocycles. The van der Waals surface area contributed by atoms with E-state index in [1.807, 2.05) is 25.1 Å². The highest BCUT2D eigenvalue weighted by molar-refractivity contribution is 7.18. The number of aromatic nitrogens is 2. The van der Waals surface area contributed by atoms with Crippen molar-refractivity contribution in [2.75, 3.05) is 19.5 Å². The molecule has 0 aliphatic carbocycles. The van der Waals surface area contributed by atoms with Crippen molar-refractivity contribution in [1.29, 1.82) is 0 Å². The number of unbranched alkanes of at least 4 members (excludes halogenated alkanes) is 1. The fourth-order valence-corrected chi connectivity index (χ4v) is 2.63. The van der Waals surface area contributed by atoms with Crippen LogP contribution in [-0.4, -0.2) is 30.3 Å². The first-order chi connectivity index (χ1) is 10.7. The van der Waals surface area contributed by atoms with Crippen molar-refractivity contribution < 1.29 is 14.3 Å². The zero-order valence-electron chi connectivity index (χ0n) is 12.9. The normalized spacial score (nSPS) is 10.3. The molecule has 0 saturated carbocycles. The van der Waals surface area contributed by atoms with Crippen molar-refractivity contribution in [3.8, 4) is 22.1 Å². The zero-order chi connectivity index (χ0) is 15.9. The molecule has 22 heavy (non-hydrogen) atoms. The highest BCUT2D eigenvalue weighted by atomic mass is 32.1. The van der Waals surface area contributed by atoms with E-state index in [9.17, 15) is 4.79 Å². The van der Waals surface area contributed by atoms with E-state index in [2.05, 4.69) is 15.5 Å². The molecular weight excluding hydrogens is 302 g/mol. The van der Waals surface area contributed by atoms with E-state index in [0.717, 1.165) is 18.4 Å². The molecule has 118 valence electrons. The van der Waals surface area contributed by atoms with Crippen molar-refractivity contribution in [1.82, 2.24) is 10.2 Å². The maximum absolute atomic E-state index is 11.7. The molecule has 0 unspecified atom stereocenters. The van der Waals surface area contributed by atoms with E-state index in [1.165, 1.54) is 11.3 Å². The number of amides is 1. The Morgan fingerprint density at radius 1 is 1.23 bits per heavy atom. The zero-order valence-corrected chi connectivity index (χ0v) is 13.7. The van der Waals surface area contributed by atoms with E-state index in [0.29, 0.717) is 28.1 Å². The van der Waals surface area contributed by atoms with Gasteiger partial charge in [-0.05, 0) is 24.6 Å². The number of rotatable bonds is 7. The van der Waals surface area contributed by atoms with Crippen molar-refractivity contribution in [3.63, 3.8) is 0 Å². The van der Waals surface area contributed by atoms with Crippen LogP contribution in [0.4, 0.5) is 5.13 Å². The lowest BCUT2D eigenvalue weighted by Crippen LogP contribution is -2.10. The van der Waals surface area contributed by atoms with Crippen LogP contribution in [0, 0.1) is 0 Å². The lowest BCUT2D eigenvalue weighted by molar-refractivity contribution is -0.116. The number of hydrogen-bond acceptors (Lipinski definition) is 6. The van der Waals surface area contributed by atoms with E-state index in [-0.39, 0.29) is 5.91 Å². The molecule has 1 aromatic carbocycles. The molecule has 0 radical (unpaired) electrons. The largest absolute Gasteiger partial charge is 0.493 e. The predicted octanol–water partition coefficient (Wildman–Crippen LogP) is 3.35. The molecule has 0 saturated heterocycles. The lowest BCUT2D eigenvalue weighted by atomic mass is 10.2. The molecule has 7 heteroatoms. The minimum absolute atomic E-state index is 0.0307. The van der Waals surface area contributed by atoms with Gasteiger partial charge in [0.05, 0.1) is 14.2 Å². The number of methoxy groups -OCH3 is 2. The number of carbonyl (C=O) groups is 1. The predicted molar refractivity (Wildman–Crippen MR) is 86.6 cm³/mol. The molecule has 0 bridgehead atoms. The van der Waals surface area contributed by atoms with Gasteiger partial charge in [0.15, 0.2) is 11.5 Å². The number of ether oxygens (including phenoxy) is 2. The molecule has 0 spiro atoms. The van der Waals surface area contributed by atoms with Gasteiger partial charge in [0.1, 0.15) is 5.01 Å². The molecule has 0 atom stereocenters. The van der Waals surface area contributed by atoms with Gasteiger partial charge in [0, 0.05) is 12.0 Å². The summed E-state index contributed by atoms with van der Waals surface area (Å²) in [6.07, 6.45) is 2.36. The van der Waals surface area contributed by atoms with Gasteiger partial charge >= 0.3 is 0 Å². The molecule has 2 rings (SSSR count). The second-order valence-electron chi connectivity index (χ2n) is 4.63. The summed E-state index contributed by atoms with van der Waals surface area (Å²) in [6, 6.07) is 5.53. The SMILES string of the molecule is CCCCC(=O)Nc1nnc(-c2ccc(OC)c(OC)c2)s1. The molecule has 1 amide bonds. The van der Waals surface area contributed by atoms with Gasteiger partial charge < -0.3 is 14.8 Å². The molecule has 0 aliphatic heterocycles. The summed E-state index contributed by atoms with van der Waals surface area (Å²) in [6.45, 7) is 2.05. The monoisotopic (exact) mass is 321 g/mol. The minimum atomic E-state index is -0.0307. The lowest BCUT2D eigenvalue weighted by Gasteiger charge is -2.07.